The molecule has 1 rings (SSSR count). The summed E-state index contributed by atoms with van der Waals surface area (Å²) in [5.41, 5.74) is 0. The lowest BCUT2D eigenvalue weighted by molar-refractivity contribution is 0.0977. The van der Waals surface area contributed by atoms with Crippen molar-refractivity contribution >= 4 is 22.9 Å². The molecule has 0 saturated heterocycles. The molecule has 1 aromatic heterocycles. The Bertz CT molecular complexity index is 417. The highest BCUT2D eigenvalue weighted by molar-refractivity contribution is 7.16. The molecule has 0 fully saturated rings. The lowest BCUT2D eigenvalue weighted by Crippen LogP contribution is -1.96. The van der Waals surface area contributed by atoms with Crippen molar-refractivity contribution in [3.8, 4) is 0 Å². The molecule has 0 saturated carbocycles. The second-order valence-corrected chi connectivity index (χ2v) is 5.46. The minimum absolute atomic E-state index is 0.122. The van der Waals surface area contributed by atoms with Crippen LogP contribution in [0.25, 0.3) is 0 Å². The number of thiophene rings is 1. The second kappa shape index (κ2) is 8.59. The summed E-state index contributed by atoms with van der Waals surface area (Å²) in [5, 5.41) is 0. The molecule has 0 atom stereocenters. The Morgan fingerprint density at radius 3 is 1.74 bits per heavy atom. The third-order valence-corrected chi connectivity index (χ3v) is 3.95. The second-order valence-electron chi connectivity index (χ2n) is 4.37. The van der Waals surface area contributed by atoms with Crippen molar-refractivity contribution in [1.82, 2.24) is 0 Å². The fraction of sp³-hybridized carbons (Fsp3) is 0.375. The van der Waals surface area contributed by atoms with Gasteiger partial charge in [-0.1, -0.05) is 12.2 Å². The smallest absolute Gasteiger partial charge is 0.172 e. The first kappa shape index (κ1) is 15.6. The van der Waals surface area contributed by atoms with Crippen LogP contribution in [0.15, 0.2) is 37.4 Å². The van der Waals surface area contributed by atoms with Gasteiger partial charge in [-0.05, 0) is 37.8 Å². The topological polar surface area (TPSA) is 34.1 Å². The van der Waals surface area contributed by atoms with E-state index in [9.17, 15) is 9.59 Å². The van der Waals surface area contributed by atoms with Crippen molar-refractivity contribution in [3.05, 3.63) is 47.2 Å². The van der Waals surface area contributed by atoms with Crippen LogP contribution in [0.3, 0.4) is 0 Å². The number of hydrogen-bond donors (Lipinski definition) is 0. The Morgan fingerprint density at radius 1 is 0.947 bits per heavy atom. The summed E-state index contributed by atoms with van der Waals surface area (Å²) in [4.78, 5) is 25.1. The molecule has 0 radical (unpaired) electrons. The summed E-state index contributed by atoms with van der Waals surface area (Å²) in [5.74, 6) is 0.244. The molecule has 0 aliphatic heterocycles. The van der Waals surface area contributed by atoms with Gasteiger partial charge in [0.1, 0.15) is 0 Å². The number of carbonyl (C=O) groups is 2. The van der Waals surface area contributed by atoms with Gasteiger partial charge in [0, 0.05) is 12.8 Å². The predicted octanol–water partition coefficient (Wildman–Crippen LogP) is 4.83. The zero-order chi connectivity index (χ0) is 14.1. The summed E-state index contributed by atoms with van der Waals surface area (Å²) in [6.07, 6.45) is 8.03. The fourth-order valence-corrected chi connectivity index (χ4v) is 2.64. The predicted molar refractivity (Wildman–Crippen MR) is 81.1 cm³/mol. The van der Waals surface area contributed by atoms with Crippen molar-refractivity contribution in [2.45, 2.75) is 38.5 Å². The van der Waals surface area contributed by atoms with Gasteiger partial charge in [-0.15, -0.1) is 24.5 Å². The molecule has 0 aliphatic carbocycles. The molecule has 102 valence electrons. The van der Waals surface area contributed by atoms with Gasteiger partial charge in [0.2, 0.25) is 0 Å². The van der Waals surface area contributed by atoms with Crippen LogP contribution in [0.1, 0.15) is 57.9 Å². The molecule has 0 bridgehead atoms. The average Bonchev–Trinajstić information content (AvgIpc) is 2.89. The van der Waals surface area contributed by atoms with E-state index in [2.05, 4.69) is 13.2 Å². The van der Waals surface area contributed by atoms with Gasteiger partial charge in [-0.2, -0.15) is 0 Å². The molecule has 0 amide bonds. The van der Waals surface area contributed by atoms with Crippen molar-refractivity contribution in [2.24, 2.45) is 0 Å². The van der Waals surface area contributed by atoms with E-state index in [0.717, 1.165) is 25.7 Å². The third kappa shape index (κ3) is 5.35. The van der Waals surface area contributed by atoms with E-state index in [-0.39, 0.29) is 11.6 Å². The molecule has 0 unspecified atom stereocenters. The zero-order valence-corrected chi connectivity index (χ0v) is 12.0. The molecule has 0 aliphatic rings. The van der Waals surface area contributed by atoms with E-state index in [0.29, 0.717) is 22.6 Å². The average molecular weight is 276 g/mol. The van der Waals surface area contributed by atoms with Gasteiger partial charge in [0.05, 0.1) is 9.75 Å². The van der Waals surface area contributed by atoms with Gasteiger partial charge in [0.15, 0.2) is 11.6 Å². The summed E-state index contributed by atoms with van der Waals surface area (Å²) < 4.78 is 0. The monoisotopic (exact) mass is 276 g/mol. The van der Waals surface area contributed by atoms with Crippen LogP contribution in [-0.4, -0.2) is 11.6 Å². The van der Waals surface area contributed by atoms with Crippen LogP contribution in [0.5, 0.6) is 0 Å². The zero-order valence-electron chi connectivity index (χ0n) is 11.2. The normalized spacial score (nSPS) is 10.1. The van der Waals surface area contributed by atoms with Crippen LogP contribution < -0.4 is 0 Å². The van der Waals surface area contributed by atoms with E-state index < -0.39 is 0 Å². The van der Waals surface area contributed by atoms with Crippen LogP contribution in [-0.2, 0) is 0 Å². The van der Waals surface area contributed by atoms with Gasteiger partial charge < -0.3 is 0 Å². The SMILES string of the molecule is C=CCCCC(=O)c1ccc(C(=O)CCCC=C)s1. The standard InChI is InChI=1S/C16H20O2S/c1-3-5-7-9-13(17)15-11-12-16(19-15)14(18)10-8-6-4-2/h3-4,11-12H,1-2,5-10H2. The maximum Gasteiger partial charge on any atom is 0.172 e. The maximum atomic E-state index is 11.9. The van der Waals surface area contributed by atoms with Crippen molar-refractivity contribution in [2.75, 3.05) is 0 Å². The van der Waals surface area contributed by atoms with Gasteiger partial charge in [-0.25, -0.2) is 0 Å². The van der Waals surface area contributed by atoms with E-state index in [1.165, 1.54) is 11.3 Å². The molecule has 1 aromatic rings. The Morgan fingerprint density at radius 2 is 1.37 bits per heavy atom. The van der Waals surface area contributed by atoms with E-state index in [1.807, 2.05) is 12.2 Å². The highest BCUT2D eigenvalue weighted by Crippen LogP contribution is 2.21. The molecule has 1 heterocycles. The number of hydrogen-bond acceptors (Lipinski definition) is 3. The number of allylic oxidation sites excluding steroid dienone is 2. The molecule has 0 spiro atoms. The molecule has 2 nitrogen and oxygen atoms in total. The molecular weight excluding hydrogens is 256 g/mol. The lowest BCUT2D eigenvalue weighted by atomic mass is 10.1. The first-order valence-electron chi connectivity index (χ1n) is 6.57. The summed E-state index contributed by atoms with van der Waals surface area (Å²) >= 11 is 1.31. The molecule has 3 heteroatoms. The summed E-state index contributed by atoms with van der Waals surface area (Å²) in [6, 6.07) is 3.53. The quantitative estimate of drug-likeness (QED) is 0.348. The first-order chi connectivity index (χ1) is 9.19. The molecule has 0 aromatic carbocycles. The number of Topliss-reactive ketones (excluding diaryl/α,β-unsaturated/α-hetero) is 2. The maximum absolute atomic E-state index is 11.9. The van der Waals surface area contributed by atoms with Gasteiger partial charge in [-0.3, -0.25) is 9.59 Å². The minimum Gasteiger partial charge on any atom is -0.293 e. The van der Waals surface area contributed by atoms with Gasteiger partial charge in [0.25, 0.3) is 0 Å². The largest absolute Gasteiger partial charge is 0.293 e. The summed E-state index contributed by atoms with van der Waals surface area (Å²) in [6.45, 7) is 7.27. The van der Waals surface area contributed by atoms with E-state index >= 15 is 0 Å². The Balaban J connectivity index is 2.51. The first-order valence-corrected chi connectivity index (χ1v) is 7.38. The highest BCUT2D eigenvalue weighted by Gasteiger charge is 2.13. The Kier molecular flexibility index (Phi) is 7.04. The van der Waals surface area contributed by atoms with Crippen LogP contribution in [0.4, 0.5) is 0 Å². The van der Waals surface area contributed by atoms with E-state index in [1.54, 1.807) is 12.1 Å². The number of ketones is 2. The van der Waals surface area contributed by atoms with Crippen molar-refractivity contribution in [3.63, 3.8) is 0 Å². The number of carbonyl (C=O) groups excluding carboxylic acids is 2. The van der Waals surface area contributed by atoms with Crippen LogP contribution >= 0.6 is 11.3 Å². The van der Waals surface area contributed by atoms with Gasteiger partial charge >= 0.3 is 0 Å². The van der Waals surface area contributed by atoms with Crippen molar-refractivity contribution in [1.29, 1.82) is 0 Å². The minimum atomic E-state index is 0.122. The number of unbranched alkanes of at least 4 members (excludes halogenated alkanes) is 2. The van der Waals surface area contributed by atoms with Crippen molar-refractivity contribution < 1.29 is 9.59 Å². The van der Waals surface area contributed by atoms with E-state index in [4.69, 9.17) is 0 Å². The molecular formula is C16H20O2S. The fourth-order valence-electron chi connectivity index (χ4n) is 1.70. The van der Waals surface area contributed by atoms with Crippen LogP contribution in [0.2, 0.25) is 0 Å². The third-order valence-electron chi connectivity index (χ3n) is 2.78. The highest BCUT2D eigenvalue weighted by atomic mass is 32.1. The molecule has 0 N–H and O–H groups in total. The lowest BCUT2D eigenvalue weighted by Gasteiger charge is -1.96. The summed E-state index contributed by atoms with van der Waals surface area (Å²) in [7, 11) is 0. The van der Waals surface area contributed by atoms with Crippen LogP contribution in [0, 0.1) is 0 Å². The number of rotatable bonds is 10. The molecule has 19 heavy (non-hydrogen) atoms. The Hall–Kier alpha value is -1.48. The Labute approximate surface area is 118 Å².